The smallest absolute Gasteiger partial charge is 0.266 e. The first-order valence-corrected chi connectivity index (χ1v) is 10.6. The second kappa shape index (κ2) is 9.81. The van der Waals surface area contributed by atoms with Crippen molar-refractivity contribution in [3.05, 3.63) is 59.9 Å². The van der Waals surface area contributed by atoms with Crippen molar-refractivity contribution in [2.45, 2.75) is 31.8 Å². The zero-order chi connectivity index (χ0) is 21.6. The molecule has 4 rings (SSSR count). The van der Waals surface area contributed by atoms with Crippen LogP contribution in [0.3, 0.4) is 0 Å². The van der Waals surface area contributed by atoms with Gasteiger partial charge in [0.2, 0.25) is 6.10 Å². The van der Waals surface area contributed by atoms with Crippen molar-refractivity contribution in [1.29, 1.82) is 0 Å². The molecular weight excluding hydrogens is 399 g/mol. The fourth-order valence-electron chi connectivity index (χ4n) is 4.03. The molecule has 2 aliphatic heterocycles. The first-order valence-electron chi connectivity index (χ1n) is 10.6. The Hall–Kier alpha value is -3.09. The maximum Gasteiger partial charge on any atom is 0.266 e. The minimum atomic E-state index is -0.558. The molecule has 2 aliphatic rings. The average Bonchev–Trinajstić information content (AvgIpc) is 3.27. The van der Waals surface area contributed by atoms with Gasteiger partial charge in [-0.1, -0.05) is 17.3 Å². The number of nitrogens with zero attached hydrogens (tertiary/aromatic N) is 2. The van der Waals surface area contributed by atoms with E-state index in [0.717, 1.165) is 36.4 Å². The van der Waals surface area contributed by atoms with Crippen LogP contribution in [0.2, 0.25) is 0 Å². The summed E-state index contributed by atoms with van der Waals surface area (Å²) in [6, 6.07) is 13.8. The number of rotatable bonds is 7. The number of ether oxygens (including phenoxy) is 2. The van der Waals surface area contributed by atoms with E-state index in [1.54, 1.807) is 19.2 Å². The molecular formula is C24H27FN2O4. The lowest BCUT2D eigenvalue weighted by Gasteiger charge is -2.33. The van der Waals surface area contributed by atoms with Gasteiger partial charge >= 0.3 is 0 Å². The Kier molecular flexibility index (Phi) is 6.70. The van der Waals surface area contributed by atoms with E-state index < -0.39 is 6.10 Å². The molecule has 6 nitrogen and oxygen atoms in total. The third kappa shape index (κ3) is 5.54. The lowest BCUT2D eigenvalue weighted by Crippen LogP contribution is -2.46. The third-order valence-corrected chi connectivity index (χ3v) is 5.68. The maximum atomic E-state index is 13.0. The number of halogens is 1. The van der Waals surface area contributed by atoms with Crippen LogP contribution in [-0.4, -0.2) is 49.4 Å². The summed E-state index contributed by atoms with van der Waals surface area (Å²) in [5.74, 6) is 1.37. The van der Waals surface area contributed by atoms with Crippen molar-refractivity contribution in [3.63, 3.8) is 0 Å². The molecule has 0 aromatic heterocycles. The molecule has 1 saturated heterocycles. The van der Waals surface area contributed by atoms with E-state index in [9.17, 15) is 9.18 Å². The molecule has 0 aliphatic carbocycles. The van der Waals surface area contributed by atoms with Crippen LogP contribution >= 0.6 is 0 Å². The van der Waals surface area contributed by atoms with Crippen molar-refractivity contribution in [2.24, 2.45) is 11.1 Å². The maximum absolute atomic E-state index is 13.0. The standard InChI is InChI=1S/C24H27FN2O4/c1-29-22-6-2-4-17(13-22)12-20-14-23(31-26-20)24(28)27-11-3-5-18(15-27)16-30-21-9-7-19(25)8-10-21/h2,4,6-10,13,18,23H,3,5,11-12,14-16H2,1H3/t18-,23+/m0/s1. The molecule has 2 atom stereocenters. The Labute approximate surface area is 181 Å². The quantitative estimate of drug-likeness (QED) is 0.675. The number of likely N-dealkylation sites (tertiary alicyclic amines) is 1. The lowest BCUT2D eigenvalue weighted by molar-refractivity contribution is -0.144. The third-order valence-electron chi connectivity index (χ3n) is 5.68. The van der Waals surface area contributed by atoms with Gasteiger partial charge < -0.3 is 19.2 Å². The van der Waals surface area contributed by atoms with Gasteiger partial charge in [0.1, 0.15) is 17.3 Å². The lowest BCUT2D eigenvalue weighted by atomic mass is 9.97. The van der Waals surface area contributed by atoms with Crippen LogP contribution in [0.4, 0.5) is 4.39 Å². The normalized spacial score (nSPS) is 20.7. The molecule has 164 valence electrons. The number of oxime groups is 1. The molecule has 2 heterocycles. The van der Waals surface area contributed by atoms with E-state index in [1.165, 1.54) is 12.1 Å². The van der Waals surface area contributed by atoms with Crippen LogP contribution in [0.1, 0.15) is 24.8 Å². The number of benzene rings is 2. The van der Waals surface area contributed by atoms with Crippen molar-refractivity contribution < 1.29 is 23.5 Å². The fourth-order valence-corrected chi connectivity index (χ4v) is 4.03. The largest absolute Gasteiger partial charge is 0.497 e. The zero-order valence-electron chi connectivity index (χ0n) is 17.6. The van der Waals surface area contributed by atoms with Crippen molar-refractivity contribution >= 4 is 11.6 Å². The number of hydrogen-bond acceptors (Lipinski definition) is 5. The second-order valence-corrected chi connectivity index (χ2v) is 8.04. The molecule has 7 heteroatoms. The summed E-state index contributed by atoms with van der Waals surface area (Å²) >= 11 is 0. The molecule has 0 bridgehead atoms. The summed E-state index contributed by atoms with van der Waals surface area (Å²) in [4.78, 5) is 20.3. The van der Waals surface area contributed by atoms with E-state index in [0.29, 0.717) is 31.7 Å². The highest BCUT2D eigenvalue weighted by atomic mass is 19.1. The van der Waals surface area contributed by atoms with Gasteiger partial charge in [0.15, 0.2) is 0 Å². The van der Waals surface area contributed by atoms with Crippen LogP contribution in [0.25, 0.3) is 0 Å². The molecule has 1 fully saturated rings. The second-order valence-electron chi connectivity index (χ2n) is 8.04. The van der Waals surface area contributed by atoms with Gasteiger partial charge in [0, 0.05) is 31.8 Å². The van der Waals surface area contributed by atoms with Crippen LogP contribution in [0, 0.1) is 11.7 Å². The summed E-state index contributed by atoms with van der Waals surface area (Å²) < 4.78 is 24.1. The number of amides is 1. The Balaban J connectivity index is 1.26. The predicted molar refractivity (Wildman–Crippen MR) is 115 cm³/mol. The number of methoxy groups -OCH3 is 1. The van der Waals surface area contributed by atoms with Crippen LogP contribution < -0.4 is 9.47 Å². The van der Waals surface area contributed by atoms with Gasteiger partial charge in [-0.2, -0.15) is 0 Å². The van der Waals surface area contributed by atoms with Crippen LogP contribution in [0.5, 0.6) is 11.5 Å². The Morgan fingerprint density at radius 2 is 2.06 bits per heavy atom. The topological polar surface area (TPSA) is 60.4 Å². The summed E-state index contributed by atoms with van der Waals surface area (Å²) in [5, 5.41) is 4.16. The van der Waals surface area contributed by atoms with Gasteiger partial charge in [0.05, 0.1) is 19.4 Å². The van der Waals surface area contributed by atoms with Gasteiger partial charge in [-0.25, -0.2) is 4.39 Å². The van der Waals surface area contributed by atoms with Crippen molar-refractivity contribution in [2.75, 3.05) is 26.8 Å². The minimum absolute atomic E-state index is 0.0177. The summed E-state index contributed by atoms with van der Waals surface area (Å²) in [5.41, 5.74) is 1.94. The van der Waals surface area contributed by atoms with E-state index in [1.807, 2.05) is 29.2 Å². The highest BCUT2D eigenvalue weighted by Crippen LogP contribution is 2.23. The van der Waals surface area contributed by atoms with Gasteiger partial charge in [-0.3, -0.25) is 4.79 Å². The summed E-state index contributed by atoms with van der Waals surface area (Å²) in [7, 11) is 1.64. The monoisotopic (exact) mass is 426 g/mol. The highest BCUT2D eigenvalue weighted by molar-refractivity contribution is 5.94. The molecule has 2 aromatic rings. The molecule has 0 unspecified atom stereocenters. The fraction of sp³-hybridized carbons (Fsp3) is 0.417. The number of piperidine rings is 1. The highest BCUT2D eigenvalue weighted by Gasteiger charge is 2.34. The predicted octanol–water partition coefficient (Wildman–Crippen LogP) is 3.84. The van der Waals surface area contributed by atoms with Gasteiger partial charge in [-0.05, 0) is 54.8 Å². The van der Waals surface area contributed by atoms with Gasteiger partial charge in [-0.15, -0.1) is 0 Å². The van der Waals surface area contributed by atoms with Gasteiger partial charge in [0.25, 0.3) is 5.91 Å². The number of carbonyl (C=O) groups is 1. The number of hydrogen-bond donors (Lipinski definition) is 0. The molecule has 0 N–H and O–H groups in total. The molecule has 0 radical (unpaired) electrons. The summed E-state index contributed by atoms with van der Waals surface area (Å²) in [6.45, 7) is 1.85. The zero-order valence-corrected chi connectivity index (χ0v) is 17.6. The van der Waals surface area contributed by atoms with Crippen molar-refractivity contribution in [3.8, 4) is 11.5 Å². The van der Waals surface area contributed by atoms with E-state index >= 15 is 0 Å². The Bertz CT molecular complexity index is 931. The molecule has 2 aromatic carbocycles. The van der Waals surface area contributed by atoms with Crippen molar-refractivity contribution in [1.82, 2.24) is 4.90 Å². The first kappa shape index (κ1) is 21.2. The van der Waals surface area contributed by atoms with Crippen LogP contribution in [-0.2, 0) is 16.1 Å². The molecule has 0 saturated carbocycles. The van der Waals surface area contributed by atoms with E-state index in [4.69, 9.17) is 14.3 Å². The molecule has 0 spiro atoms. The Morgan fingerprint density at radius 3 is 2.87 bits per heavy atom. The van der Waals surface area contributed by atoms with E-state index in [2.05, 4.69) is 5.16 Å². The molecule has 1 amide bonds. The first-order chi connectivity index (χ1) is 15.1. The SMILES string of the molecule is COc1cccc(CC2=NO[C@@H](C(=O)N3CCC[C@H](COc4ccc(F)cc4)C3)C2)c1. The van der Waals surface area contributed by atoms with Crippen LogP contribution in [0.15, 0.2) is 53.7 Å². The summed E-state index contributed by atoms with van der Waals surface area (Å²) in [6.07, 6.45) is 2.50. The van der Waals surface area contributed by atoms with E-state index in [-0.39, 0.29) is 17.6 Å². The molecule has 31 heavy (non-hydrogen) atoms. The average molecular weight is 426 g/mol. The number of carbonyl (C=O) groups excluding carboxylic acids is 1. The Morgan fingerprint density at radius 1 is 1.23 bits per heavy atom. The minimum Gasteiger partial charge on any atom is -0.497 e.